The number of rotatable bonds is 7. The maximum Gasteiger partial charge on any atom is 0.573 e. The fraction of sp³-hybridized carbons (Fsp3) is 0.538. The molecule has 1 rings (SSSR count). The smallest absolute Gasteiger partial charge is 0.406 e. The first-order valence-corrected chi connectivity index (χ1v) is 5.97. The van der Waals surface area contributed by atoms with Crippen LogP contribution in [0.5, 0.6) is 5.75 Å². The highest BCUT2D eigenvalue weighted by atomic mass is 19.4. The zero-order valence-electron chi connectivity index (χ0n) is 11.0. The topological polar surface area (TPSA) is 30.5 Å². The van der Waals surface area contributed by atoms with Crippen LogP contribution in [0.15, 0.2) is 24.3 Å². The maximum atomic E-state index is 12.0. The number of alkyl halides is 3. The molecule has 1 aromatic carbocycles. The van der Waals surface area contributed by atoms with Crippen molar-refractivity contribution >= 4 is 0 Å². The summed E-state index contributed by atoms with van der Waals surface area (Å²) >= 11 is 0. The Labute approximate surface area is 110 Å². The van der Waals surface area contributed by atoms with Crippen molar-refractivity contribution in [3.8, 4) is 5.75 Å². The molecule has 0 aliphatic rings. The average Bonchev–Trinajstić information content (AvgIpc) is 2.33. The summed E-state index contributed by atoms with van der Waals surface area (Å²) in [5.74, 6) is -0.205. The molecule has 0 aromatic heterocycles. The van der Waals surface area contributed by atoms with Crippen molar-refractivity contribution in [2.24, 2.45) is 0 Å². The lowest BCUT2D eigenvalue weighted by Crippen LogP contribution is -2.26. The standard InChI is InChI=1S/C13H18F3NO2/c1-10(7-8-18-2)17-9-11-3-5-12(6-4-11)19-13(14,15)16/h3-6,10,17H,7-9H2,1-2H3. The Balaban J connectivity index is 2.40. The molecule has 0 spiro atoms. The first-order valence-electron chi connectivity index (χ1n) is 5.97. The molecule has 1 atom stereocenters. The number of hydrogen-bond donors (Lipinski definition) is 1. The number of nitrogens with one attached hydrogen (secondary N) is 1. The van der Waals surface area contributed by atoms with Gasteiger partial charge < -0.3 is 14.8 Å². The van der Waals surface area contributed by atoms with Crippen LogP contribution in [-0.4, -0.2) is 26.1 Å². The van der Waals surface area contributed by atoms with Gasteiger partial charge in [-0.05, 0) is 31.0 Å². The van der Waals surface area contributed by atoms with E-state index in [1.807, 2.05) is 6.92 Å². The van der Waals surface area contributed by atoms with Gasteiger partial charge in [-0.3, -0.25) is 0 Å². The minimum atomic E-state index is -4.64. The van der Waals surface area contributed by atoms with Gasteiger partial charge in [-0.2, -0.15) is 0 Å². The predicted molar refractivity (Wildman–Crippen MR) is 65.9 cm³/mol. The summed E-state index contributed by atoms with van der Waals surface area (Å²) in [5, 5.41) is 3.26. The van der Waals surface area contributed by atoms with Crippen molar-refractivity contribution in [2.75, 3.05) is 13.7 Å². The second-order valence-corrected chi connectivity index (χ2v) is 4.26. The summed E-state index contributed by atoms with van der Waals surface area (Å²) in [6.45, 7) is 3.30. The van der Waals surface area contributed by atoms with Gasteiger partial charge in [-0.15, -0.1) is 13.2 Å². The van der Waals surface area contributed by atoms with Crippen LogP contribution >= 0.6 is 0 Å². The Morgan fingerprint density at radius 1 is 1.21 bits per heavy atom. The van der Waals surface area contributed by atoms with Crippen molar-refractivity contribution in [2.45, 2.75) is 32.3 Å². The molecule has 0 aliphatic heterocycles. The van der Waals surface area contributed by atoms with E-state index in [4.69, 9.17) is 4.74 Å². The van der Waals surface area contributed by atoms with Gasteiger partial charge in [-0.1, -0.05) is 12.1 Å². The zero-order valence-corrected chi connectivity index (χ0v) is 11.0. The molecule has 0 radical (unpaired) electrons. The van der Waals surface area contributed by atoms with Gasteiger partial charge >= 0.3 is 6.36 Å². The molecule has 19 heavy (non-hydrogen) atoms. The van der Waals surface area contributed by atoms with Crippen molar-refractivity contribution in [3.63, 3.8) is 0 Å². The summed E-state index contributed by atoms with van der Waals surface area (Å²) in [5.41, 5.74) is 0.902. The molecule has 1 aromatic rings. The van der Waals surface area contributed by atoms with E-state index in [-0.39, 0.29) is 11.8 Å². The van der Waals surface area contributed by atoms with Crippen LogP contribution in [0.4, 0.5) is 13.2 Å². The molecule has 6 heteroatoms. The van der Waals surface area contributed by atoms with Crippen LogP contribution in [0.2, 0.25) is 0 Å². The summed E-state index contributed by atoms with van der Waals surface area (Å²) in [4.78, 5) is 0. The highest BCUT2D eigenvalue weighted by Gasteiger charge is 2.30. The van der Waals surface area contributed by atoms with Crippen molar-refractivity contribution in [1.29, 1.82) is 0 Å². The van der Waals surface area contributed by atoms with Gasteiger partial charge in [0.2, 0.25) is 0 Å². The van der Waals surface area contributed by atoms with E-state index in [0.717, 1.165) is 12.0 Å². The number of benzene rings is 1. The molecule has 1 N–H and O–H groups in total. The molecule has 3 nitrogen and oxygen atoms in total. The molecule has 0 heterocycles. The lowest BCUT2D eigenvalue weighted by molar-refractivity contribution is -0.274. The van der Waals surface area contributed by atoms with Crippen LogP contribution in [0.3, 0.4) is 0 Å². The zero-order chi connectivity index (χ0) is 14.3. The molecule has 0 bridgehead atoms. The third-order valence-electron chi connectivity index (χ3n) is 2.57. The molecule has 108 valence electrons. The van der Waals surface area contributed by atoms with Crippen LogP contribution in [-0.2, 0) is 11.3 Å². The Hall–Kier alpha value is -1.27. The van der Waals surface area contributed by atoms with E-state index in [2.05, 4.69) is 10.1 Å². The Morgan fingerprint density at radius 3 is 2.37 bits per heavy atom. The van der Waals surface area contributed by atoms with Crippen molar-refractivity contribution in [3.05, 3.63) is 29.8 Å². The highest BCUT2D eigenvalue weighted by molar-refractivity contribution is 5.27. The van der Waals surface area contributed by atoms with Crippen molar-refractivity contribution < 1.29 is 22.6 Å². The van der Waals surface area contributed by atoms with Gasteiger partial charge in [0.25, 0.3) is 0 Å². The van der Waals surface area contributed by atoms with E-state index in [1.54, 1.807) is 19.2 Å². The van der Waals surface area contributed by atoms with Crippen LogP contribution in [0, 0.1) is 0 Å². The van der Waals surface area contributed by atoms with Gasteiger partial charge in [0.15, 0.2) is 0 Å². The quantitative estimate of drug-likeness (QED) is 0.830. The number of halogens is 3. The normalized spacial score (nSPS) is 13.3. The molecular formula is C13H18F3NO2. The predicted octanol–water partition coefficient (Wildman–Crippen LogP) is 3.10. The van der Waals surface area contributed by atoms with E-state index in [1.165, 1.54) is 12.1 Å². The first-order chi connectivity index (χ1) is 8.90. The Bertz CT molecular complexity index is 365. The van der Waals surface area contributed by atoms with Gasteiger partial charge in [-0.25, -0.2) is 0 Å². The molecule has 0 saturated carbocycles. The van der Waals surface area contributed by atoms with Crippen molar-refractivity contribution in [1.82, 2.24) is 5.32 Å². The van der Waals surface area contributed by atoms with E-state index in [9.17, 15) is 13.2 Å². The van der Waals surface area contributed by atoms with Crippen LogP contribution < -0.4 is 10.1 Å². The second kappa shape index (κ2) is 7.35. The summed E-state index contributed by atoms with van der Waals surface area (Å²) < 4.78 is 44.7. The largest absolute Gasteiger partial charge is 0.573 e. The first kappa shape index (κ1) is 15.8. The van der Waals surface area contributed by atoms with E-state index in [0.29, 0.717) is 13.2 Å². The highest BCUT2D eigenvalue weighted by Crippen LogP contribution is 2.22. The van der Waals surface area contributed by atoms with Gasteiger partial charge in [0.05, 0.1) is 0 Å². The minimum absolute atomic E-state index is 0.205. The van der Waals surface area contributed by atoms with Crippen LogP contribution in [0.25, 0.3) is 0 Å². The molecular weight excluding hydrogens is 259 g/mol. The monoisotopic (exact) mass is 277 g/mol. The Kier molecular flexibility index (Phi) is 6.11. The molecule has 0 aliphatic carbocycles. The SMILES string of the molecule is COCCC(C)NCc1ccc(OC(F)(F)F)cc1. The average molecular weight is 277 g/mol. The minimum Gasteiger partial charge on any atom is -0.406 e. The Morgan fingerprint density at radius 2 is 1.84 bits per heavy atom. The third kappa shape index (κ3) is 7.03. The summed E-state index contributed by atoms with van der Waals surface area (Å²) in [7, 11) is 1.64. The number of methoxy groups -OCH3 is 1. The molecule has 0 fully saturated rings. The lowest BCUT2D eigenvalue weighted by atomic mass is 10.2. The van der Waals surface area contributed by atoms with Gasteiger partial charge in [0.1, 0.15) is 5.75 Å². The molecule has 1 unspecified atom stereocenters. The number of hydrogen-bond acceptors (Lipinski definition) is 3. The fourth-order valence-corrected chi connectivity index (χ4v) is 1.50. The maximum absolute atomic E-state index is 12.0. The summed E-state index contributed by atoms with van der Waals surface area (Å²) in [6, 6.07) is 6.12. The van der Waals surface area contributed by atoms with E-state index < -0.39 is 6.36 Å². The molecule has 0 saturated heterocycles. The lowest BCUT2D eigenvalue weighted by Gasteiger charge is -2.13. The summed E-state index contributed by atoms with van der Waals surface area (Å²) in [6.07, 6.45) is -3.76. The number of ether oxygens (including phenoxy) is 2. The second-order valence-electron chi connectivity index (χ2n) is 4.26. The fourth-order valence-electron chi connectivity index (χ4n) is 1.50. The third-order valence-corrected chi connectivity index (χ3v) is 2.57. The van der Waals surface area contributed by atoms with Crippen LogP contribution in [0.1, 0.15) is 18.9 Å². The van der Waals surface area contributed by atoms with E-state index >= 15 is 0 Å². The van der Waals surface area contributed by atoms with Gasteiger partial charge in [0, 0.05) is 26.3 Å². The molecule has 0 amide bonds.